The van der Waals surface area contributed by atoms with E-state index in [0.29, 0.717) is 15.1 Å². The summed E-state index contributed by atoms with van der Waals surface area (Å²) in [6, 6.07) is 8.89. The first kappa shape index (κ1) is 16.3. The number of nitrogens with zero attached hydrogens (tertiary/aromatic N) is 2. The molecule has 0 fully saturated rings. The third kappa shape index (κ3) is 2.28. The van der Waals surface area contributed by atoms with Crippen molar-refractivity contribution in [2.24, 2.45) is 10.9 Å². The molecule has 4 heterocycles. The van der Waals surface area contributed by atoms with Crippen molar-refractivity contribution in [3.05, 3.63) is 73.7 Å². The molecule has 0 amide bonds. The number of rotatable bonds is 2. The third-order valence-electron chi connectivity index (χ3n) is 5.16. The van der Waals surface area contributed by atoms with Crippen LogP contribution in [0.4, 0.5) is 0 Å². The van der Waals surface area contributed by atoms with E-state index in [9.17, 15) is 9.59 Å². The number of carbonyl (C=O) groups is 1. The van der Waals surface area contributed by atoms with Gasteiger partial charge in [0.2, 0.25) is 5.72 Å². The molecule has 6 nitrogen and oxygen atoms in total. The first-order valence-electron chi connectivity index (χ1n) is 8.61. The molecule has 27 heavy (non-hydrogen) atoms. The van der Waals surface area contributed by atoms with Crippen LogP contribution in [0.2, 0.25) is 0 Å². The number of fused-ring (bicyclic) bond motifs is 6. The Morgan fingerprint density at radius 3 is 2.89 bits per heavy atom. The summed E-state index contributed by atoms with van der Waals surface area (Å²) in [6.45, 7) is 3.35. The predicted molar refractivity (Wildman–Crippen MR) is 99.4 cm³/mol. The van der Waals surface area contributed by atoms with Gasteiger partial charge in [-0.05, 0) is 32.1 Å². The molecule has 0 saturated carbocycles. The molecule has 3 aromatic rings. The minimum absolute atomic E-state index is 0.0510. The lowest BCUT2D eigenvalue weighted by atomic mass is 9.79. The van der Waals surface area contributed by atoms with Gasteiger partial charge in [-0.3, -0.25) is 14.2 Å². The Morgan fingerprint density at radius 2 is 2.15 bits per heavy atom. The Labute approximate surface area is 158 Å². The number of ether oxygens (including phenoxy) is 1. The number of ketones is 1. The highest BCUT2D eigenvalue weighted by molar-refractivity contribution is 7.07. The minimum atomic E-state index is -1.03. The van der Waals surface area contributed by atoms with Crippen LogP contribution in [-0.4, -0.2) is 16.1 Å². The van der Waals surface area contributed by atoms with Crippen molar-refractivity contribution in [2.45, 2.75) is 25.6 Å². The van der Waals surface area contributed by atoms with Gasteiger partial charge in [0.15, 0.2) is 4.80 Å². The summed E-state index contributed by atoms with van der Waals surface area (Å²) in [5, 5.41) is 0. The largest absolute Gasteiger partial charge is 0.472 e. The first-order valence-corrected chi connectivity index (χ1v) is 9.43. The molecule has 0 aliphatic carbocycles. The molecule has 2 unspecified atom stereocenters. The molecule has 2 aliphatic rings. The minimum Gasteiger partial charge on any atom is -0.472 e. The van der Waals surface area contributed by atoms with Crippen molar-refractivity contribution in [3.8, 4) is 5.75 Å². The first-order chi connectivity index (χ1) is 13.0. The van der Waals surface area contributed by atoms with E-state index in [1.54, 1.807) is 29.2 Å². The summed E-state index contributed by atoms with van der Waals surface area (Å²) in [5.41, 5.74) is 0.450. The zero-order valence-corrected chi connectivity index (χ0v) is 15.5. The van der Waals surface area contributed by atoms with Crippen LogP contribution >= 0.6 is 11.3 Å². The molecule has 0 spiro atoms. The average molecular weight is 380 g/mol. The van der Waals surface area contributed by atoms with Gasteiger partial charge in [-0.1, -0.05) is 29.5 Å². The van der Waals surface area contributed by atoms with Crippen molar-refractivity contribution >= 4 is 23.2 Å². The summed E-state index contributed by atoms with van der Waals surface area (Å²) in [7, 11) is 0. The van der Waals surface area contributed by atoms with Gasteiger partial charge < -0.3 is 9.15 Å². The maximum Gasteiger partial charge on any atom is 0.270 e. The summed E-state index contributed by atoms with van der Waals surface area (Å²) in [5.74, 6) is 0.0502. The summed E-state index contributed by atoms with van der Waals surface area (Å²) < 4.78 is 13.4. The number of furan rings is 1. The summed E-state index contributed by atoms with van der Waals surface area (Å²) >= 11 is 1.30. The van der Waals surface area contributed by atoms with Crippen molar-refractivity contribution in [1.82, 2.24) is 4.57 Å². The van der Waals surface area contributed by atoms with Crippen LogP contribution in [0, 0.1) is 5.92 Å². The monoisotopic (exact) mass is 380 g/mol. The van der Waals surface area contributed by atoms with Crippen LogP contribution in [0.3, 0.4) is 0 Å². The maximum absolute atomic E-state index is 13.2. The molecule has 3 atom stereocenters. The zero-order valence-electron chi connectivity index (χ0n) is 14.7. The fourth-order valence-electron chi connectivity index (χ4n) is 4.06. The summed E-state index contributed by atoms with van der Waals surface area (Å²) in [6.07, 6.45) is 4.92. The smallest absolute Gasteiger partial charge is 0.270 e. The van der Waals surface area contributed by atoms with E-state index in [1.165, 1.54) is 18.3 Å². The fourth-order valence-corrected chi connectivity index (χ4v) is 5.16. The Kier molecular flexibility index (Phi) is 3.33. The number of thiazole rings is 1. The van der Waals surface area contributed by atoms with Crippen LogP contribution in [-0.2, 0) is 4.79 Å². The van der Waals surface area contributed by atoms with Gasteiger partial charge in [0.1, 0.15) is 17.5 Å². The van der Waals surface area contributed by atoms with E-state index in [1.807, 2.05) is 31.2 Å². The molecule has 1 aromatic carbocycles. The molecule has 0 N–H and O–H groups in total. The van der Waals surface area contributed by atoms with Crippen LogP contribution in [0.15, 0.2) is 57.1 Å². The normalized spacial score (nSPS) is 25.9. The number of aromatic nitrogens is 1. The average Bonchev–Trinajstić information content (AvgIpc) is 3.22. The van der Waals surface area contributed by atoms with Crippen molar-refractivity contribution in [3.63, 3.8) is 0 Å². The number of hydrogen-bond donors (Lipinski definition) is 0. The van der Waals surface area contributed by atoms with Crippen LogP contribution in [0.1, 0.15) is 31.0 Å². The molecule has 7 heteroatoms. The van der Waals surface area contributed by atoms with Gasteiger partial charge in [0.25, 0.3) is 5.56 Å². The third-order valence-corrected chi connectivity index (χ3v) is 6.14. The van der Waals surface area contributed by atoms with Gasteiger partial charge in [-0.2, -0.15) is 0 Å². The second-order valence-corrected chi connectivity index (χ2v) is 7.97. The quantitative estimate of drug-likeness (QED) is 0.680. The number of carbonyl (C=O) groups excluding carboxylic acids is 1. The summed E-state index contributed by atoms with van der Waals surface area (Å²) in [4.78, 5) is 31.0. The molecule has 5 rings (SSSR count). The Balaban J connectivity index is 1.85. The molecule has 0 saturated heterocycles. The molecule has 2 bridgehead atoms. The Bertz CT molecular complexity index is 1240. The maximum atomic E-state index is 13.2. The molecule has 0 radical (unpaired) electrons. The number of Topliss-reactive ketones (excluding diaryl/α,β-unsaturated/α-hetero) is 1. The molecule has 136 valence electrons. The Hall–Kier alpha value is -2.93. The van der Waals surface area contributed by atoms with Gasteiger partial charge in [-0.15, -0.1) is 0 Å². The van der Waals surface area contributed by atoms with Crippen LogP contribution in [0.25, 0.3) is 6.08 Å². The van der Waals surface area contributed by atoms with Gasteiger partial charge in [0.05, 0.1) is 23.1 Å². The second kappa shape index (κ2) is 5.53. The van der Waals surface area contributed by atoms with Crippen LogP contribution in [0.5, 0.6) is 5.75 Å². The highest BCUT2D eigenvalue weighted by atomic mass is 32.1. The predicted octanol–water partition coefficient (Wildman–Crippen LogP) is 1.87. The van der Waals surface area contributed by atoms with E-state index in [4.69, 9.17) is 14.1 Å². The van der Waals surface area contributed by atoms with E-state index in [0.717, 1.165) is 11.1 Å². The standard InChI is InChI=1S/C20H16N2O4S/c1-11(23)16-17-13-5-3-4-6-14(13)26-20(16,2)21-19-22(17)18(24)15(27-19)9-12-7-8-25-10-12/h3-10,16-17H,1-2H3/b15-9+/t16?,17?,20-/m0/s1. The zero-order chi connectivity index (χ0) is 18.8. The van der Waals surface area contributed by atoms with Crippen LogP contribution < -0.4 is 19.6 Å². The molecule has 2 aromatic heterocycles. The van der Waals surface area contributed by atoms with Gasteiger partial charge in [-0.25, -0.2) is 4.99 Å². The molecule has 2 aliphatic heterocycles. The SMILES string of the molecule is CC(=O)C1C2c3ccccc3O[C@]1(C)N=c1s/c(=C/c3ccoc3)c(=O)n12. The van der Waals surface area contributed by atoms with Crippen molar-refractivity contribution < 1.29 is 13.9 Å². The number of benzene rings is 1. The lowest BCUT2D eigenvalue weighted by Crippen LogP contribution is -2.58. The molecular formula is C20H16N2O4S. The van der Waals surface area contributed by atoms with Crippen molar-refractivity contribution in [2.75, 3.05) is 0 Å². The lowest BCUT2D eigenvalue weighted by Gasteiger charge is -2.45. The fraction of sp³-hybridized carbons (Fsp3) is 0.250. The highest BCUT2D eigenvalue weighted by Crippen LogP contribution is 2.47. The van der Waals surface area contributed by atoms with Crippen molar-refractivity contribution in [1.29, 1.82) is 0 Å². The lowest BCUT2D eigenvalue weighted by molar-refractivity contribution is -0.132. The van der Waals surface area contributed by atoms with E-state index >= 15 is 0 Å². The van der Waals surface area contributed by atoms with E-state index in [-0.39, 0.29) is 11.3 Å². The van der Waals surface area contributed by atoms with Gasteiger partial charge >= 0.3 is 0 Å². The number of hydrogen-bond acceptors (Lipinski definition) is 6. The van der Waals surface area contributed by atoms with E-state index < -0.39 is 17.7 Å². The highest BCUT2D eigenvalue weighted by Gasteiger charge is 2.53. The molecular weight excluding hydrogens is 364 g/mol. The van der Waals surface area contributed by atoms with Gasteiger partial charge in [0, 0.05) is 11.1 Å². The Morgan fingerprint density at radius 1 is 1.33 bits per heavy atom. The topological polar surface area (TPSA) is 73.8 Å². The number of para-hydroxylation sites is 1. The second-order valence-electron chi connectivity index (χ2n) is 6.96. The van der Waals surface area contributed by atoms with E-state index in [2.05, 4.69) is 0 Å².